The number of cyclic esters (lactones) is 1. The molecule has 78 valence electrons. The topological polar surface area (TPSA) is 46.6 Å². The minimum Gasteiger partial charge on any atom is -0.447 e. The maximum Gasteiger partial charge on any atom is 0.329 e. The van der Waals surface area contributed by atoms with Crippen molar-refractivity contribution in [1.82, 2.24) is 4.90 Å². The molecule has 0 spiro atoms. The van der Waals surface area contributed by atoms with E-state index < -0.39 is 5.60 Å². The molecule has 5 heteroatoms. The number of ether oxygens (including phenoxy) is 1. The molecule has 0 aromatic rings. The molecule has 2 heterocycles. The first kappa shape index (κ1) is 9.96. The van der Waals surface area contributed by atoms with Crippen molar-refractivity contribution < 1.29 is 14.3 Å². The highest BCUT2D eigenvalue weighted by Crippen LogP contribution is 2.31. The van der Waals surface area contributed by atoms with Crippen LogP contribution in [0, 0.1) is 0 Å². The standard InChI is InChI=1S/C9H12BrNO3/c1-9(5-10)8(13)11-4-2-3-6(11)7(12)14-9/h6H,2-5H2,1H3/t6-,9+/m0/s1. The van der Waals surface area contributed by atoms with Crippen LogP contribution in [0.25, 0.3) is 0 Å². The molecule has 0 unspecified atom stereocenters. The smallest absolute Gasteiger partial charge is 0.329 e. The predicted octanol–water partition coefficient (Wildman–Crippen LogP) is 0.688. The summed E-state index contributed by atoms with van der Waals surface area (Å²) in [5.41, 5.74) is -1.00. The molecule has 14 heavy (non-hydrogen) atoms. The zero-order valence-corrected chi connectivity index (χ0v) is 9.54. The number of carbonyl (C=O) groups is 2. The normalized spacial score (nSPS) is 37.0. The van der Waals surface area contributed by atoms with Crippen molar-refractivity contribution in [3.8, 4) is 0 Å². The molecule has 2 atom stereocenters. The summed E-state index contributed by atoms with van der Waals surface area (Å²) in [6, 6.07) is -0.324. The average molecular weight is 262 g/mol. The fraction of sp³-hybridized carbons (Fsp3) is 0.778. The number of hydrogen-bond donors (Lipinski definition) is 0. The van der Waals surface area contributed by atoms with E-state index in [9.17, 15) is 9.59 Å². The van der Waals surface area contributed by atoms with Gasteiger partial charge < -0.3 is 9.64 Å². The maximum atomic E-state index is 11.9. The van der Waals surface area contributed by atoms with Crippen LogP contribution in [-0.4, -0.2) is 40.3 Å². The number of fused-ring (bicyclic) bond motifs is 1. The van der Waals surface area contributed by atoms with E-state index in [1.54, 1.807) is 11.8 Å². The van der Waals surface area contributed by atoms with Gasteiger partial charge in [-0.1, -0.05) is 15.9 Å². The minimum absolute atomic E-state index is 0.0727. The van der Waals surface area contributed by atoms with Gasteiger partial charge in [0.1, 0.15) is 6.04 Å². The second-order valence-corrected chi connectivity index (χ2v) is 4.50. The Hall–Kier alpha value is -0.580. The van der Waals surface area contributed by atoms with E-state index in [1.807, 2.05) is 0 Å². The summed E-state index contributed by atoms with van der Waals surface area (Å²) < 4.78 is 5.17. The van der Waals surface area contributed by atoms with Crippen LogP contribution in [-0.2, 0) is 14.3 Å². The van der Waals surface area contributed by atoms with E-state index in [0.29, 0.717) is 11.9 Å². The van der Waals surface area contributed by atoms with Crippen molar-refractivity contribution >= 4 is 27.8 Å². The first-order valence-electron chi connectivity index (χ1n) is 4.68. The van der Waals surface area contributed by atoms with E-state index in [1.165, 1.54) is 0 Å². The van der Waals surface area contributed by atoms with Gasteiger partial charge in [0.2, 0.25) is 0 Å². The summed E-state index contributed by atoms with van der Waals surface area (Å²) in [7, 11) is 0. The van der Waals surface area contributed by atoms with Gasteiger partial charge in [0.25, 0.3) is 5.91 Å². The lowest BCUT2D eigenvalue weighted by molar-refractivity contribution is -0.185. The molecule has 2 aliphatic rings. The zero-order chi connectivity index (χ0) is 10.3. The fourth-order valence-corrected chi connectivity index (χ4v) is 2.33. The average Bonchev–Trinajstić information content (AvgIpc) is 2.63. The van der Waals surface area contributed by atoms with Crippen molar-refractivity contribution in [3.63, 3.8) is 0 Å². The van der Waals surface area contributed by atoms with Gasteiger partial charge in [-0.05, 0) is 19.8 Å². The molecule has 2 fully saturated rings. The SMILES string of the molecule is C[C@]1(CBr)OC(=O)[C@@H]2CCCN2C1=O. The van der Waals surface area contributed by atoms with Gasteiger partial charge in [0.05, 0.1) is 5.33 Å². The van der Waals surface area contributed by atoms with Crippen LogP contribution in [0.4, 0.5) is 0 Å². The molecule has 0 aliphatic carbocycles. The van der Waals surface area contributed by atoms with Gasteiger partial charge in [-0.15, -0.1) is 0 Å². The number of alkyl halides is 1. The lowest BCUT2D eigenvalue weighted by atomic mass is 10.0. The van der Waals surface area contributed by atoms with Crippen molar-refractivity contribution in [1.29, 1.82) is 0 Å². The molecule has 0 aromatic heterocycles. The quantitative estimate of drug-likeness (QED) is 0.516. The number of carbonyl (C=O) groups excluding carboxylic acids is 2. The van der Waals surface area contributed by atoms with Crippen LogP contribution in [0.1, 0.15) is 19.8 Å². The summed E-state index contributed by atoms with van der Waals surface area (Å²) in [4.78, 5) is 25.1. The maximum absolute atomic E-state index is 11.9. The van der Waals surface area contributed by atoms with Gasteiger partial charge in [-0.3, -0.25) is 4.79 Å². The van der Waals surface area contributed by atoms with Crippen LogP contribution >= 0.6 is 15.9 Å². The molecule has 2 saturated heterocycles. The van der Waals surface area contributed by atoms with E-state index in [2.05, 4.69) is 15.9 Å². The van der Waals surface area contributed by atoms with Crippen molar-refractivity contribution in [2.75, 3.05) is 11.9 Å². The molecule has 0 saturated carbocycles. The Morgan fingerprint density at radius 2 is 2.36 bits per heavy atom. The number of amides is 1. The van der Waals surface area contributed by atoms with Gasteiger partial charge in [0, 0.05) is 6.54 Å². The molecule has 4 nitrogen and oxygen atoms in total. The number of nitrogens with zero attached hydrogens (tertiary/aromatic N) is 1. The molecule has 1 amide bonds. The van der Waals surface area contributed by atoms with Gasteiger partial charge >= 0.3 is 5.97 Å². The largest absolute Gasteiger partial charge is 0.447 e. The number of morpholine rings is 1. The fourth-order valence-electron chi connectivity index (χ4n) is 1.98. The predicted molar refractivity (Wildman–Crippen MR) is 53.0 cm³/mol. The first-order chi connectivity index (χ1) is 6.58. The molecular weight excluding hydrogens is 250 g/mol. The molecule has 2 rings (SSSR count). The monoisotopic (exact) mass is 261 g/mol. The zero-order valence-electron chi connectivity index (χ0n) is 7.96. The van der Waals surface area contributed by atoms with Gasteiger partial charge in [0.15, 0.2) is 5.60 Å². The van der Waals surface area contributed by atoms with E-state index in [-0.39, 0.29) is 17.9 Å². The third-order valence-electron chi connectivity index (χ3n) is 2.82. The lowest BCUT2D eigenvalue weighted by Gasteiger charge is -2.39. The molecule has 0 aromatic carbocycles. The minimum atomic E-state index is -1.00. The highest BCUT2D eigenvalue weighted by atomic mass is 79.9. The van der Waals surface area contributed by atoms with Crippen molar-refractivity contribution in [3.05, 3.63) is 0 Å². The Morgan fingerprint density at radius 3 is 3.00 bits per heavy atom. The van der Waals surface area contributed by atoms with Crippen molar-refractivity contribution in [2.45, 2.75) is 31.4 Å². The number of hydrogen-bond acceptors (Lipinski definition) is 3. The lowest BCUT2D eigenvalue weighted by Crippen LogP contribution is -2.60. The highest BCUT2D eigenvalue weighted by molar-refractivity contribution is 9.09. The number of halogens is 1. The summed E-state index contributed by atoms with van der Waals surface area (Å²) in [5, 5.41) is 0.355. The Balaban J connectivity index is 2.29. The van der Waals surface area contributed by atoms with E-state index in [4.69, 9.17) is 4.74 Å². The van der Waals surface area contributed by atoms with Crippen LogP contribution in [0.5, 0.6) is 0 Å². The Morgan fingerprint density at radius 1 is 1.64 bits per heavy atom. The Labute approximate surface area is 90.7 Å². The number of esters is 1. The third kappa shape index (κ3) is 1.26. The van der Waals surface area contributed by atoms with Crippen LogP contribution in [0.15, 0.2) is 0 Å². The number of rotatable bonds is 1. The van der Waals surface area contributed by atoms with E-state index >= 15 is 0 Å². The molecule has 2 aliphatic heterocycles. The van der Waals surface area contributed by atoms with Crippen LogP contribution < -0.4 is 0 Å². The Bertz CT molecular complexity index is 294. The third-order valence-corrected chi connectivity index (χ3v) is 3.89. The summed E-state index contributed by atoms with van der Waals surface area (Å²) >= 11 is 3.21. The molecule has 0 radical (unpaired) electrons. The summed E-state index contributed by atoms with van der Waals surface area (Å²) in [6.45, 7) is 2.33. The molecule has 0 N–H and O–H groups in total. The van der Waals surface area contributed by atoms with E-state index in [0.717, 1.165) is 12.8 Å². The summed E-state index contributed by atoms with van der Waals surface area (Å²) in [6.07, 6.45) is 1.63. The second-order valence-electron chi connectivity index (χ2n) is 3.94. The molecule has 0 bridgehead atoms. The van der Waals surface area contributed by atoms with Crippen LogP contribution in [0.3, 0.4) is 0 Å². The summed E-state index contributed by atoms with van der Waals surface area (Å²) in [5.74, 6) is -0.333. The Kier molecular flexibility index (Phi) is 2.29. The first-order valence-corrected chi connectivity index (χ1v) is 5.80. The van der Waals surface area contributed by atoms with Gasteiger partial charge in [-0.2, -0.15) is 0 Å². The van der Waals surface area contributed by atoms with Gasteiger partial charge in [-0.25, -0.2) is 4.79 Å². The molecular formula is C9H12BrNO3. The highest BCUT2D eigenvalue weighted by Gasteiger charge is 2.51. The van der Waals surface area contributed by atoms with Crippen LogP contribution in [0.2, 0.25) is 0 Å². The second kappa shape index (κ2) is 3.22. The van der Waals surface area contributed by atoms with Crippen molar-refractivity contribution in [2.24, 2.45) is 0 Å².